The number of benzene rings is 1. The molecule has 7 heteroatoms. The van der Waals surface area contributed by atoms with Crippen molar-refractivity contribution in [3.63, 3.8) is 0 Å². The van der Waals surface area contributed by atoms with Gasteiger partial charge in [0, 0.05) is 38.3 Å². The second-order valence-electron chi connectivity index (χ2n) is 9.51. The molecule has 0 N–H and O–H groups in total. The van der Waals surface area contributed by atoms with Crippen LogP contribution in [0.1, 0.15) is 59.0 Å². The molecule has 4 heterocycles. The quantitative estimate of drug-likeness (QED) is 0.674. The van der Waals surface area contributed by atoms with Crippen LogP contribution in [0.4, 0.5) is 5.69 Å². The summed E-state index contributed by atoms with van der Waals surface area (Å²) in [5.41, 5.74) is 2.41. The van der Waals surface area contributed by atoms with E-state index in [9.17, 15) is 14.4 Å². The topological polar surface area (TPSA) is 73.8 Å². The van der Waals surface area contributed by atoms with E-state index in [0.717, 1.165) is 38.0 Å². The Morgan fingerprint density at radius 1 is 1.00 bits per heavy atom. The Labute approximate surface area is 194 Å². The number of amides is 3. The molecule has 5 rings (SSSR count). The van der Waals surface area contributed by atoms with E-state index >= 15 is 0 Å². The number of rotatable bonds is 4. The Morgan fingerprint density at radius 2 is 1.82 bits per heavy atom. The maximum Gasteiger partial charge on any atom is 0.264 e. The lowest BCUT2D eigenvalue weighted by molar-refractivity contribution is -0.137. The van der Waals surface area contributed by atoms with Crippen LogP contribution in [0, 0.1) is 11.8 Å². The number of hydrogen-bond donors (Lipinski definition) is 0. The molecule has 0 bridgehead atoms. The third-order valence-electron chi connectivity index (χ3n) is 7.18. The number of pyridine rings is 1. The number of piperidine rings is 2. The van der Waals surface area contributed by atoms with E-state index in [1.54, 1.807) is 12.3 Å². The van der Waals surface area contributed by atoms with Gasteiger partial charge in [-0.25, -0.2) is 0 Å². The second kappa shape index (κ2) is 8.96. The van der Waals surface area contributed by atoms with Gasteiger partial charge in [0.05, 0.1) is 29.1 Å². The van der Waals surface area contributed by atoms with Crippen molar-refractivity contribution in [2.45, 2.75) is 39.2 Å². The third-order valence-corrected chi connectivity index (χ3v) is 7.18. The number of likely N-dealkylation sites (tertiary alicyclic amines) is 1. The molecule has 33 heavy (non-hydrogen) atoms. The first kappa shape index (κ1) is 21.6. The molecule has 3 aliphatic heterocycles. The zero-order valence-corrected chi connectivity index (χ0v) is 19.1. The van der Waals surface area contributed by atoms with E-state index in [1.165, 1.54) is 11.3 Å². The highest BCUT2D eigenvalue weighted by atomic mass is 16.2. The van der Waals surface area contributed by atoms with Crippen LogP contribution in [0.15, 0.2) is 42.6 Å². The summed E-state index contributed by atoms with van der Waals surface area (Å²) in [5.74, 6) is 0.365. The molecule has 3 aliphatic rings. The van der Waals surface area contributed by atoms with Gasteiger partial charge >= 0.3 is 0 Å². The van der Waals surface area contributed by atoms with Crippen molar-refractivity contribution in [1.29, 1.82) is 0 Å². The van der Waals surface area contributed by atoms with E-state index in [1.807, 2.05) is 35.2 Å². The van der Waals surface area contributed by atoms with Crippen molar-refractivity contribution >= 4 is 23.4 Å². The summed E-state index contributed by atoms with van der Waals surface area (Å²) in [6.45, 7) is 5.53. The molecule has 0 aliphatic carbocycles. The van der Waals surface area contributed by atoms with Gasteiger partial charge in [0.25, 0.3) is 11.8 Å². The van der Waals surface area contributed by atoms with Crippen LogP contribution < -0.4 is 4.90 Å². The monoisotopic (exact) mass is 446 g/mol. The van der Waals surface area contributed by atoms with Crippen LogP contribution in [0.2, 0.25) is 0 Å². The highest BCUT2D eigenvalue weighted by Crippen LogP contribution is 2.35. The lowest BCUT2D eigenvalue weighted by Gasteiger charge is -2.38. The number of carbonyl (C=O) groups excluding carboxylic acids is 3. The molecule has 0 unspecified atom stereocenters. The van der Waals surface area contributed by atoms with E-state index in [0.29, 0.717) is 35.8 Å². The predicted molar refractivity (Wildman–Crippen MR) is 125 cm³/mol. The third kappa shape index (κ3) is 4.12. The Kier molecular flexibility index (Phi) is 5.87. The summed E-state index contributed by atoms with van der Waals surface area (Å²) >= 11 is 0. The van der Waals surface area contributed by atoms with Gasteiger partial charge < -0.3 is 9.80 Å². The SMILES string of the molecule is C[C@@H]1CCCN(C(=O)C2CCN(c3cccc4c3C(=O)N(Cc3ccccn3)C4=O)CC2)C1. The lowest BCUT2D eigenvalue weighted by atomic mass is 9.92. The van der Waals surface area contributed by atoms with Gasteiger partial charge in [0.1, 0.15) is 0 Å². The first-order valence-electron chi connectivity index (χ1n) is 12.0. The summed E-state index contributed by atoms with van der Waals surface area (Å²) in [5, 5.41) is 0. The second-order valence-corrected chi connectivity index (χ2v) is 9.51. The molecule has 172 valence electrons. The molecule has 1 atom stereocenters. The highest BCUT2D eigenvalue weighted by molar-refractivity contribution is 6.23. The van der Waals surface area contributed by atoms with Crippen molar-refractivity contribution in [2.75, 3.05) is 31.1 Å². The molecule has 2 saturated heterocycles. The van der Waals surface area contributed by atoms with Gasteiger partial charge in [-0.1, -0.05) is 19.1 Å². The Balaban J connectivity index is 1.29. The maximum atomic E-state index is 13.3. The molecule has 2 fully saturated rings. The van der Waals surface area contributed by atoms with Crippen molar-refractivity contribution in [3.8, 4) is 0 Å². The Morgan fingerprint density at radius 3 is 2.55 bits per heavy atom. The molecule has 0 radical (unpaired) electrons. The van der Waals surface area contributed by atoms with E-state index in [4.69, 9.17) is 0 Å². The Hall–Kier alpha value is -3.22. The van der Waals surface area contributed by atoms with Crippen LogP contribution in [0.3, 0.4) is 0 Å². The molecule has 0 spiro atoms. The standard InChI is InChI=1S/C26H30N4O3/c1-18-6-5-13-29(16-18)24(31)19-10-14-28(15-11-19)22-9-4-8-21-23(22)26(33)30(25(21)32)17-20-7-2-3-12-27-20/h2-4,7-9,12,18-19H,5-6,10-11,13-17H2,1H3/t18-/m1/s1. The summed E-state index contributed by atoms with van der Waals surface area (Å²) in [7, 11) is 0. The van der Waals surface area contributed by atoms with Gasteiger partial charge in [0.2, 0.25) is 5.91 Å². The molecule has 3 amide bonds. The van der Waals surface area contributed by atoms with Gasteiger partial charge in [0.15, 0.2) is 0 Å². The smallest absolute Gasteiger partial charge is 0.264 e. The first-order chi connectivity index (χ1) is 16.0. The van der Waals surface area contributed by atoms with E-state index in [-0.39, 0.29) is 30.2 Å². The van der Waals surface area contributed by atoms with Crippen molar-refractivity contribution in [3.05, 3.63) is 59.4 Å². The van der Waals surface area contributed by atoms with Crippen LogP contribution in [0.5, 0.6) is 0 Å². The zero-order valence-electron chi connectivity index (χ0n) is 19.1. The largest absolute Gasteiger partial charge is 0.371 e. The Bertz CT molecular complexity index is 1060. The predicted octanol–water partition coefficient (Wildman–Crippen LogP) is 3.35. The summed E-state index contributed by atoms with van der Waals surface area (Å²) < 4.78 is 0. The number of nitrogens with zero attached hydrogens (tertiary/aromatic N) is 4. The van der Waals surface area contributed by atoms with Gasteiger partial charge in [-0.05, 0) is 55.9 Å². The van der Waals surface area contributed by atoms with Crippen molar-refractivity contribution in [2.24, 2.45) is 11.8 Å². The minimum Gasteiger partial charge on any atom is -0.371 e. The molecular weight excluding hydrogens is 416 g/mol. The molecule has 0 saturated carbocycles. The van der Waals surface area contributed by atoms with Gasteiger partial charge in [-0.2, -0.15) is 0 Å². The fraction of sp³-hybridized carbons (Fsp3) is 0.462. The maximum absolute atomic E-state index is 13.3. The van der Waals surface area contributed by atoms with Crippen LogP contribution in [0.25, 0.3) is 0 Å². The number of anilines is 1. The van der Waals surface area contributed by atoms with Crippen LogP contribution >= 0.6 is 0 Å². The molecular formula is C26H30N4O3. The summed E-state index contributed by atoms with van der Waals surface area (Å²) in [6, 6.07) is 11.0. The number of imide groups is 1. The average molecular weight is 447 g/mol. The molecule has 2 aromatic rings. The molecule has 1 aromatic heterocycles. The number of aromatic nitrogens is 1. The summed E-state index contributed by atoms with van der Waals surface area (Å²) in [6.07, 6.45) is 5.49. The summed E-state index contributed by atoms with van der Waals surface area (Å²) in [4.78, 5) is 49.1. The fourth-order valence-electron chi connectivity index (χ4n) is 5.39. The van der Waals surface area contributed by atoms with Crippen LogP contribution in [-0.4, -0.2) is 58.7 Å². The number of carbonyl (C=O) groups is 3. The number of hydrogen-bond acceptors (Lipinski definition) is 5. The minimum atomic E-state index is -0.271. The molecule has 1 aromatic carbocycles. The van der Waals surface area contributed by atoms with Crippen molar-refractivity contribution < 1.29 is 14.4 Å². The lowest BCUT2D eigenvalue weighted by Crippen LogP contribution is -2.46. The highest BCUT2D eigenvalue weighted by Gasteiger charge is 2.39. The fourth-order valence-corrected chi connectivity index (χ4v) is 5.39. The normalized spacial score (nSPS) is 21.5. The van der Waals surface area contributed by atoms with Gasteiger partial charge in [-0.3, -0.25) is 24.3 Å². The van der Waals surface area contributed by atoms with E-state index in [2.05, 4.69) is 16.8 Å². The number of fused-ring (bicyclic) bond motifs is 1. The minimum absolute atomic E-state index is 0.0429. The van der Waals surface area contributed by atoms with Crippen LogP contribution in [-0.2, 0) is 11.3 Å². The van der Waals surface area contributed by atoms with E-state index < -0.39 is 0 Å². The molecule has 7 nitrogen and oxygen atoms in total. The average Bonchev–Trinajstić information content (AvgIpc) is 3.09. The van der Waals surface area contributed by atoms with Gasteiger partial charge in [-0.15, -0.1) is 0 Å². The first-order valence-corrected chi connectivity index (χ1v) is 12.0. The van der Waals surface area contributed by atoms with Crippen molar-refractivity contribution in [1.82, 2.24) is 14.8 Å². The zero-order chi connectivity index (χ0) is 22.9.